The van der Waals surface area contributed by atoms with Gasteiger partial charge in [0.05, 0.1) is 35.9 Å². The number of nitrogens with zero attached hydrogens (tertiary/aromatic N) is 5. The zero-order valence-electron chi connectivity index (χ0n) is 24.4. The lowest BCUT2D eigenvalue weighted by atomic mass is 9.94. The minimum atomic E-state index is -2.36. The Morgan fingerprint density at radius 1 is 1.07 bits per heavy atom. The van der Waals surface area contributed by atoms with E-state index < -0.39 is 9.73 Å². The molecule has 0 bridgehead atoms. The molecule has 220 valence electrons. The SMILES string of the molecule is COCCN1C[C@@H](NC(=O)Nc2c(C)c(-c3cncc(N=S(C)(C)=O)c3)nn2-c2ccccc2)[C@H](c2ccccc2)C1. The zero-order valence-corrected chi connectivity index (χ0v) is 25.2. The number of carbonyl (C=O) groups excluding carboxylic acids is 1. The van der Waals surface area contributed by atoms with Gasteiger partial charge in [-0.1, -0.05) is 48.5 Å². The molecule has 3 heterocycles. The smallest absolute Gasteiger partial charge is 0.320 e. The second kappa shape index (κ2) is 12.8. The van der Waals surface area contributed by atoms with E-state index in [-0.39, 0.29) is 18.0 Å². The molecule has 0 saturated carbocycles. The number of benzene rings is 2. The van der Waals surface area contributed by atoms with Gasteiger partial charge in [0.15, 0.2) is 0 Å². The van der Waals surface area contributed by atoms with E-state index in [1.165, 1.54) is 5.56 Å². The number of rotatable bonds is 9. The molecule has 1 saturated heterocycles. The molecule has 42 heavy (non-hydrogen) atoms. The van der Waals surface area contributed by atoms with Gasteiger partial charge in [0.25, 0.3) is 0 Å². The number of amides is 2. The molecule has 2 aromatic heterocycles. The Balaban J connectivity index is 1.45. The first kappa shape index (κ1) is 29.4. The van der Waals surface area contributed by atoms with E-state index in [9.17, 15) is 9.00 Å². The van der Waals surface area contributed by atoms with Crippen LogP contribution in [0.4, 0.5) is 16.3 Å². The van der Waals surface area contributed by atoms with Gasteiger partial charge in [-0.25, -0.2) is 13.7 Å². The lowest BCUT2D eigenvalue weighted by Gasteiger charge is -2.21. The van der Waals surface area contributed by atoms with E-state index in [1.54, 1.807) is 36.7 Å². The van der Waals surface area contributed by atoms with Crippen molar-refractivity contribution in [1.29, 1.82) is 0 Å². The van der Waals surface area contributed by atoms with E-state index in [1.807, 2.05) is 61.5 Å². The largest absolute Gasteiger partial charge is 0.383 e. The Morgan fingerprint density at radius 2 is 1.79 bits per heavy atom. The van der Waals surface area contributed by atoms with Crippen LogP contribution in [0.1, 0.15) is 17.0 Å². The maximum absolute atomic E-state index is 13.6. The minimum absolute atomic E-state index is 0.0856. The monoisotopic (exact) mass is 587 g/mol. The highest BCUT2D eigenvalue weighted by Crippen LogP contribution is 2.32. The van der Waals surface area contributed by atoms with Crippen molar-refractivity contribution < 1.29 is 13.7 Å². The molecule has 11 heteroatoms. The van der Waals surface area contributed by atoms with Gasteiger partial charge < -0.3 is 10.1 Å². The zero-order chi connectivity index (χ0) is 29.7. The van der Waals surface area contributed by atoms with Gasteiger partial charge >= 0.3 is 6.03 Å². The summed E-state index contributed by atoms with van der Waals surface area (Å²) in [6.45, 7) is 4.90. The number of likely N-dealkylation sites (tertiary alicyclic amines) is 1. The highest BCUT2D eigenvalue weighted by atomic mass is 32.2. The third-order valence-electron chi connectivity index (χ3n) is 7.23. The van der Waals surface area contributed by atoms with Crippen LogP contribution in [0.3, 0.4) is 0 Å². The second-order valence-corrected chi connectivity index (χ2v) is 13.3. The molecule has 2 atom stereocenters. The summed E-state index contributed by atoms with van der Waals surface area (Å²) in [6.07, 6.45) is 6.43. The molecule has 2 amide bonds. The van der Waals surface area contributed by atoms with Crippen LogP contribution in [-0.4, -0.2) is 81.8 Å². The summed E-state index contributed by atoms with van der Waals surface area (Å²) < 4.78 is 23.6. The summed E-state index contributed by atoms with van der Waals surface area (Å²) in [5, 5.41) is 11.2. The third-order valence-corrected chi connectivity index (χ3v) is 7.88. The van der Waals surface area contributed by atoms with Crippen LogP contribution in [0.15, 0.2) is 83.5 Å². The summed E-state index contributed by atoms with van der Waals surface area (Å²) in [6, 6.07) is 21.4. The quantitative estimate of drug-likeness (QED) is 0.290. The molecular weight excluding hydrogens is 550 g/mol. The summed E-state index contributed by atoms with van der Waals surface area (Å²) >= 11 is 0. The van der Waals surface area contributed by atoms with Crippen molar-refractivity contribution in [3.63, 3.8) is 0 Å². The van der Waals surface area contributed by atoms with Crippen LogP contribution in [0.5, 0.6) is 0 Å². The first-order valence-corrected chi connectivity index (χ1v) is 16.2. The molecular formula is C31H37N7O3S. The Morgan fingerprint density at radius 3 is 2.48 bits per heavy atom. The topological polar surface area (TPSA) is 114 Å². The fourth-order valence-corrected chi connectivity index (χ4v) is 5.93. The lowest BCUT2D eigenvalue weighted by Crippen LogP contribution is -2.42. The number of urea groups is 1. The summed E-state index contributed by atoms with van der Waals surface area (Å²) in [5.74, 6) is 0.700. The number of ether oxygens (including phenoxy) is 1. The Kier molecular flexibility index (Phi) is 9.00. The van der Waals surface area contributed by atoms with Gasteiger partial charge in [0.2, 0.25) is 0 Å². The average molecular weight is 588 g/mol. The minimum Gasteiger partial charge on any atom is -0.383 e. The number of hydrogen-bond acceptors (Lipinski definition) is 7. The molecule has 0 spiro atoms. The number of hydrogen-bond donors (Lipinski definition) is 2. The molecule has 1 fully saturated rings. The third kappa shape index (κ3) is 7.04. The van der Waals surface area contributed by atoms with Crippen LogP contribution < -0.4 is 10.6 Å². The first-order valence-electron chi connectivity index (χ1n) is 13.8. The van der Waals surface area contributed by atoms with Crippen molar-refractivity contribution in [3.05, 3.63) is 90.3 Å². The summed E-state index contributed by atoms with van der Waals surface area (Å²) in [7, 11) is -0.658. The summed E-state index contributed by atoms with van der Waals surface area (Å²) in [5.41, 5.74) is 4.63. The Labute approximate surface area is 247 Å². The number of anilines is 1. The van der Waals surface area contributed by atoms with E-state index >= 15 is 0 Å². The van der Waals surface area contributed by atoms with Gasteiger partial charge in [-0.3, -0.25) is 15.2 Å². The van der Waals surface area contributed by atoms with Crippen LogP contribution >= 0.6 is 0 Å². The molecule has 5 rings (SSSR count). The van der Waals surface area contributed by atoms with Crippen molar-refractivity contribution in [2.75, 3.05) is 51.2 Å². The fourth-order valence-electron chi connectivity index (χ4n) is 5.32. The standard InChI is InChI=1S/C31H37N7O3S/c1-22-29(24-17-25(19-32-18-24)36-42(3,4)40)35-38(26-13-9-6-10-14-26)30(22)34-31(39)33-28-21-37(15-16-41-2)20-27(28)23-11-7-5-8-12-23/h5-14,17-19,27-28H,15-16,20-21H2,1-4H3,(H2,33,34,39)/t27-,28+/m0/s1. The Bertz CT molecular complexity index is 1640. The van der Waals surface area contributed by atoms with Crippen LogP contribution in [0, 0.1) is 6.92 Å². The van der Waals surface area contributed by atoms with Gasteiger partial charge in [-0.05, 0) is 30.7 Å². The lowest BCUT2D eigenvalue weighted by molar-refractivity contribution is 0.159. The molecule has 10 nitrogen and oxygen atoms in total. The molecule has 1 aliphatic heterocycles. The molecule has 0 radical (unpaired) electrons. The van der Waals surface area contributed by atoms with E-state index in [4.69, 9.17) is 9.84 Å². The van der Waals surface area contributed by atoms with E-state index in [2.05, 4.69) is 37.0 Å². The molecule has 2 aromatic carbocycles. The van der Waals surface area contributed by atoms with Gasteiger partial charge in [-0.15, -0.1) is 0 Å². The number of pyridine rings is 1. The first-order chi connectivity index (χ1) is 20.2. The van der Waals surface area contributed by atoms with Crippen molar-refractivity contribution >= 4 is 27.3 Å². The van der Waals surface area contributed by atoms with Crippen LogP contribution in [-0.2, 0) is 14.5 Å². The predicted octanol–water partition coefficient (Wildman–Crippen LogP) is 4.84. The van der Waals surface area contributed by atoms with Crippen molar-refractivity contribution in [1.82, 2.24) is 25.0 Å². The van der Waals surface area contributed by atoms with Gasteiger partial charge in [-0.2, -0.15) is 9.46 Å². The van der Waals surface area contributed by atoms with Gasteiger partial charge in [0, 0.05) is 72.2 Å². The molecule has 2 N–H and O–H groups in total. The van der Waals surface area contributed by atoms with Crippen molar-refractivity contribution in [3.8, 4) is 16.9 Å². The molecule has 1 aliphatic rings. The number of aromatic nitrogens is 3. The maximum Gasteiger partial charge on any atom is 0.320 e. The number of para-hydroxylation sites is 1. The number of methoxy groups -OCH3 is 1. The highest BCUT2D eigenvalue weighted by Gasteiger charge is 2.35. The van der Waals surface area contributed by atoms with Gasteiger partial charge in [0.1, 0.15) is 5.82 Å². The summed E-state index contributed by atoms with van der Waals surface area (Å²) in [4.78, 5) is 20.2. The number of nitrogens with one attached hydrogen (secondary N) is 2. The van der Waals surface area contributed by atoms with E-state index in [0.717, 1.165) is 30.9 Å². The van der Waals surface area contributed by atoms with Crippen LogP contribution in [0.2, 0.25) is 0 Å². The average Bonchev–Trinajstić information content (AvgIpc) is 3.52. The van der Waals surface area contributed by atoms with Crippen molar-refractivity contribution in [2.24, 2.45) is 4.36 Å². The van der Waals surface area contributed by atoms with E-state index in [0.29, 0.717) is 29.4 Å². The molecule has 0 unspecified atom stereocenters. The van der Waals surface area contributed by atoms with Crippen molar-refractivity contribution in [2.45, 2.75) is 18.9 Å². The maximum atomic E-state index is 13.6. The molecule has 4 aromatic rings. The Hall–Kier alpha value is -4.06. The highest BCUT2D eigenvalue weighted by molar-refractivity contribution is 7.92. The number of carbonyl (C=O) groups is 1. The molecule has 0 aliphatic carbocycles. The fraction of sp³-hybridized carbons (Fsp3) is 0.323. The van der Waals surface area contributed by atoms with Crippen LogP contribution in [0.25, 0.3) is 16.9 Å². The predicted molar refractivity (Wildman–Crippen MR) is 167 cm³/mol. The normalized spacial score (nSPS) is 17.2. The second-order valence-electron chi connectivity index (χ2n) is 10.7.